The van der Waals surface area contributed by atoms with Gasteiger partial charge in [-0.25, -0.2) is 0 Å². The summed E-state index contributed by atoms with van der Waals surface area (Å²) in [7, 11) is 0. The van der Waals surface area contributed by atoms with Crippen molar-refractivity contribution in [1.29, 1.82) is 0 Å². The maximum atomic E-state index is 11.9. The van der Waals surface area contributed by atoms with E-state index in [0.29, 0.717) is 12.0 Å². The highest BCUT2D eigenvalue weighted by molar-refractivity contribution is 5.97. The Balaban J connectivity index is 1.95. The lowest BCUT2D eigenvalue weighted by atomic mass is 10.0. The minimum Gasteiger partial charge on any atom is -0.490 e. The first-order chi connectivity index (χ1) is 8.85. The summed E-state index contributed by atoms with van der Waals surface area (Å²) in [5.74, 6) is 0.256. The zero-order valence-electron chi connectivity index (χ0n) is 10.3. The highest BCUT2D eigenvalue weighted by Gasteiger charge is 2.28. The fourth-order valence-corrected chi connectivity index (χ4v) is 1.94. The summed E-state index contributed by atoms with van der Waals surface area (Å²) in [6.07, 6.45) is -3.66. The number of ether oxygens (including phenoxy) is 2. The van der Waals surface area contributed by atoms with Crippen LogP contribution < -0.4 is 4.74 Å². The maximum absolute atomic E-state index is 11.9. The van der Waals surface area contributed by atoms with Crippen molar-refractivity contribution in [3.8, 4) is 5.75 Å². The van der Waals surface area contributed by atoms with Gasteiger partial charge in [0.05, 0.1) is 0 Å². The maximum Gasteiger partial charge on any atom is 0.411 e. The van der Waals surface area contributed by atoms with Gasteiger partial charge in [-0.05, 0) is 30.7 Å². The number of ketones is 1. The molecule has 3 nitrogen and oxygen atoms in total. The molecule has 2 rings (SSSR count). The van der Waals surface area contributed by atoms with Crippen LogP contribution in [0.5, 0.6) is 5.75 Å². The monoisotopic (exact) mass is 274 g/mol. The van der Waals surface area contributed by atoms with Crippen LogP contribution in [0, 0.1) is 0 Å². The van der Waals surface area contributed by atoms with Gasteiger partial charge < -0.3 is 9.47 Å². The molecule has 1 aliphatic rings. The number of hydrogen-bond acceptors (Lipinski definition) is 3. The average molecular weight is 274 g/mol. The van der Waals surface area contributed by atoms with E-state index in [0.717, 1.165) is 11.3 Å². The zero-order chi connectivity index (χ0) is 14.0. The molecule has 0 aliphatic carbocycles. The normalized spacial score (nSPS) is 18.0. The number of alkyl halides is 3. The summed E-state index contributed by atoms with van der Waals surface area (Å²) in [5, 5.41) is 0. The molecular formula is C13H13F3O3. The molecule has 0 fully saturated rings. The first kappa shape index (κ1) is 13.9. The van der Waals surface area contributed by atoms with Crippen LogP contribution in [0.4, 0.5) is 13.2 Å². The number of benzene rings is 1. The van der Waals surface area contributed by atoms with Gasteiger partial charge in [0.1, 0.15) is 25.1 Å². The Kier molecular flexibility index (Phi) is 3.80. The molecule has 0 saturated heterocycles. The van der Waals surface area contributed by atoms with Crippen molar-refractivity contribution in [2.75, 3.05) is 13.2 Å². The topological polar surface area (TPSA) is 35.5 Å². The Hall–Kier alpha value is -1.56. The Morgan fingerprint density at radius 2 is 2.21 bits per heavy atom. The van der Waals surface area contributed by atoms with Gasteiger partial charge in [0.25, 0.3) is 0 Å². The van der Waals surface area contributed by atoms with E-state index in [9.17, 15) is 18.0 Å². The third-order valence-corrected chi connectivity index (χ3v) is 2.72. The van der Waals surface area contributed by atoms with E-state index in [-0.39, 0.29) is 6.10 Å². The molecule has 0 radical (unpaired) electrons. The van der Waals surface area contributed by atoms with E-state index in [1.54, 1.807) is 12.1 Å². The van der Waals surface area contributed by atoms with Crippen LogP contribution in [0.1, 0.15) is 22.8 Å². The number of hydrogen-bond donors (Lipinski definition) is 0. The van der Waals surface area contributed by atoms with Crippen molar-refractivity contribution >= 4 is 5.78 Å². The predicted octanol–water partition coefficient (Wildman–Crippen LogP) is 2.77. The molecule has 0 bridgehead atoms. The zero-order valence-corrected chi connectivity index (χ0v) is 10.3. The molecule has 1 aromatic rings. The molecular weight excluding hydrogens is 261 g/mol. The minimum atomic E-state index is -4.42. The number of fused-ring (bicyclic) bond motifs is 1. The van der Waals surface area contributed by atoms with Crippen molar-refractivity contribution < 1.29 is 27.4 Å². The van der Waals surface area contributed by atoms with Gasteiger partial charge in [-0.15, -0.1) is 0 Å². The first-order valence-corrected chi connectivity index (χ1v) is 5.82. The summed E-state index contributed by atoms with van der Waals surface area (Å²) in [6.45, 7) is -0.0769. The Morgan fingerprint density at radius 3 is 2.89 bits per heavy atom. The number of halogens is 3. The van der Waals surface area contributed by atoms with E-state index >= 15 is 0 Å². The summed E-state index contributed by atoms with van der Waals surface area (Å²) in [4.78, 5) is 11.7. The van der Waals surface area contributed by atoms with Crippen LogP contribution in [0.25, 0.3) is 0 Å². The molecule has 0 spiro atoms. The van der Waals surface area contributed by atoms with E-state index in [1.807, 2.05) is 6.92 Å². The predicted molar refractivity (Wildman–Crippen MR) is 61.4 cm³/mol. The molecule has 1 heterocycles. The summed E-state index contributed by atoms with van der Waals surface area (Å²) in [6, 6.07) is 4.85. The first-order valence-electron chi connectivity index (χ1n) is 5.82. The molecule has 6 heteroatoms. The van der Waals surface area contributed by atoms with Gasteiger partial charge in [0.2, 0.25) is 0 Å². The van der Waals surface area contributed by atoms with Crippen molar-refractivity contribution in [1.82, 2.24) is 0 Å². The highest BCUT2D eigenvalue weighted by atomic mass is 19.4. The van der Waals surface area contributed by atoms with Crippen LogP contribution in [0.3, 0.4) is 0 Å². The lowest BCUT2D eigenvalue weighted by molar-refractivity contribution is -0.170. The largest absolute Gasteiger partial charge is 0.490 e. The molecule has 1 aromatic carbocycles. The molecule has 0 N–H and O–H groups in total. The van der Waals surface area contributed by atoms with Gasteiger partial charge in [-0.3, -0.25) is 4.79 Å². The second-order valence-corrected chi connectivity index (χ2v) is 4.49. The van der Waals surface area contributed by atoms with Crippen LogP contribution in [-0.2, 0) is 11.2 Å². The van der Waals surface area contributed by atoms with E-state index in [1.165, 1.54) is 6.07 Å². The molecule has 0 saturated carbocycles. The summed E-state index contributed by atoms with van der Waals surface area (Å²) < 4.78 is 45.5. The summed E-state index contributed by atoms with van der Waals surface area (Å²) >= 11 is 0. The van der Waals surface area contributed by atoms with Gasteiger partial charge in [0.15, 0.2) is 5.78 Å². The van der Waals surface area contributed by atoms with Gasteiger partial charge in [-0.1, -0.05) is 0 Å². The fourth-order valence-electron chi connectivity index (χ4n) is 1.94. The molecule has 1 unspecified atom stereocenters. The molecule has 104 valence electrons. The van der Waals surface area contributed by atoms with Crippen molar-refractivity contribution in [3.63, 3.8) is 0 Å². The third-order valence-electron chi connectivity index (χ3n) is 2.72. The fraction of sp³-hybridized carbons (Fsp3) is 0.462. The van der Waals surface area contributed by atoms with Gasteiger partial charge in [-0.2, -0.15) is 13.2 Å². The molecule has 0 aromatic heterocycles. The lowest BCUT2D eigenvalue weighted by Gasteiger charge is -2.07. The quantitative estimate of drug-likeness (QED) is 0.792. The van der Waals surface area contributed by atoms with Crippen LogP contribution in [0.2, 0.25) is 0 Å². The van der Waals surface area contributed by atoms with Crippen molar-refractivity contribution in [3.05, 3.63) is 29.3 Å². The van der Waals surface area contributed by atoms with Crippen molar-refractivity contribution in [2.45, 2.75) is 25.6 Å². The molecule has 1 atom stereocenters. The van der Waals surface area contributed by atoms with Gasteiger partial charge in [0, 0.05) is 12.0 Å². The van der Waals surface area contributed by atoms with Crippen LogP contribution in [0.15, 0.2) is 18.2 Å². The van der Waals surface area contributed by atoms with Gasteiger partial charge >= 0.3 is 6.18 Å². The molecule has 19 heavy (non-hydrogen) atoms. The standard InChI is InChI=1S/C13H13F3O3/c1-8-4-10-5-9(2-3-12(10)19-8)11(17)6-18-7-13(14,15)16/h2-3,5,8H,4,6-7H2,1H3. The second kappa shape index (κ2) is 5.21. The lowest BCUT2D eigenvalue weighted by Crippen LogP contribution is -2.20. The summed E-state index contributed by atoms with van der Waals surface area (Å²) in [5.41, 5.74) is 1.24. The number of Topliss-reactive ketones (excluding diaryl/α,β-unsaturated/α-hetero) is 1. The number of carbonyl (C=O) groups excluding carboxylic acids is 1. The van der Waals surface area contributed by atoms with Crippen LogP contribution >= 0.6 is 0 Å². The number of carbonyl (C=O) groups is 1. The SMILES string of the molecule is CC1Cc2cc(C(=O)COCC(F)(F)F)ccc2O1. The second-order valence-electron chi connectivity index (χ2n) is 4.49. The smallest absolute Gasteiger partial charge is 0.411 e. The van der Waals surface area contributed by atoms with E-state index in [4.69, 9.17) is 4.74 Å². The van der Waals surface area contributed by atoms with Crippen molar-refractivity contribution in [2.24, 2.45) is 0 Å². The van der Waals surface area contributed by atoms with E-state index in [2.05, 4.69) is 4.74 Å². The van der Waals surface area contributed by atoms with E-state index < -0.39 is 25.2 Å². The Morgan fingerprint density at radius 1 is 1.47 bits per heavy atom. The number of rotatable bonds is 4. The average Bonchev–Trinajstić information content (AvgIpc) is 2.65. The Labute approximate surface area is 108 Å². The molecule has 1 aliphatic heterocycles. The van der Waals surface area contributed by atoms with Crippen LogP contribution in [-0.4, -0.2) is 31.3 Å². The minimum absolute atomic E-state index is 0.0573. The Bertz CT molecular complexity index is 483. The third kappa shape index (κ3) is 3.70. The highest BCUT2D eigenvalue weighted by Crippen LogP contribution is 2.29. The molecule has 0 amide bonds.